The molecule has 0 saturated carbocycles. The zero-order valence-corrected chi connectivity index (χ0v) is 16.7. The van der Waals surface area contributed by atoms with Crippen LogP contribution in [0.25, 0.3) is 11.3 Å². The summed E-state index contributed by atoms with van der Waals surface area (Å²) in [6.45, 7) is 5.66. The van der Waals surface area contributed by atoms with Crippen LogP contribution in [0.4, 0.5) is 5.69 Å². The SMILES string of the molecule is COc1ccc(-c2csc(C)n2)cc1S(=O)(=O)Nc1c(C)cccc1C. The third-order valence-corrected chi connectivity index (χ3v) is 6.23. The Hall–Kier alpha value is -2.38. The number of nitrogens with one attached hydrogen (secondary N) is 1. The van der Waals surface area contributed by atoms with Gasteiger partial charge < -0.3 is 4.74 Å². The number of sulfonamides is 1. The van der Waals surface area contributed by atoms with Gasteiger partial charge in [-0.25, -0.2) is 13.4 Å². The van der Waals surface area contributed by atoms with Crippen LogP contribution in [0.3, 0.4) is 0 Å². The molecule has 0 unspecified atom stereocenters. The Morgan fingerprint density at radius 2 is 1.77 bits per heavy atom. The molecule has 3 aromatic rings. The maximum absolute atomic E-state index is 13.1. The normalized spacial score (nSPS) is 11.4. The number of nitrogens with zero attached hydrogens (tertiary/aromatic N) is 1. The van der Waals surface area contributed by atoms with E-state index in [0.717, 1.165) is 27.4 Å². The lowest BCUT2D eigenvalue weighted by Gasteiger charge is -2.15. The minimum absolute atomic E-state index is 0.0887. The number of benzene rings is 2. The number of thiazole rings is 1. The molecule has 0 atom stereocenters. The molecule has 0 fully saturated rings. The molecule has 0 aliphatic carbocycles. The highest BCUT2D eigenvalue weighted by Gasteiger charge is 2.22. The maximum Gasteiger partial charge on any atom is 0.265 e. The number of aromatic nitrogens is 1. The highest BCUT2D eigenvalue weighted by Crippen LogP contribution is 2.32. The minimum atomic E-state index is -3.82. The molecule has 0 bridgehead atoms. The number of anilines is 1. The fraction of sp³-hybridized carbons (Fsp3) is 0.211. The van der Waals surface area contributed by atoms with E-state index in [-0.39, 0.29) is 4.90 Å². The van der Waals surface area contributed by atoms with Crippen molar-refractivity contribution >= 4 is 27.0 Å². The number of para-hydroxylation sites is 1. The molecule has 2 aromatic carbocycles. The molecule has 3 rings (SSSR count). The Morgan fingerprint density at radius 3 is 2.35 bits per heavy atom. The molecule has 0 aliphatic heterocycles. The van der Waals surface area contributed by atoms with Gasteiger partial charge in [0.1, 0.15) is 10.6 Å². The first-order valence-electron chi connectivity index (χ1n) is 8.01. The van der Waals surface area contributed by atoms with Crippen LogP contribution in [0.5, 0.6) is 5.75 Å². The van der Waals surface area contributed by atoms with Crippen LogP contribution < -0.4 is 9.46 Å². The Kier molecular flexibility index (Phi) is 5.02. The Morgan fingerprint density at radius 1 is 1.08 bits per heavy atom. The number of hydrogen-bond acceptors (Lipinski definition) is 5. The maximum atomic E-state index is 13.1. The van der Waals surface area contributed by atoms with Crippen LogP contribution in [0.1, 0.15) is 16.1 Å². The first kappa shape index (κ1) is 18.4. The van der Waals surface area contributed by atoms with Gasteiger partial charge in [0, 0.05) is 10.9 Å². The van der Waals surface area contributed by atoms with Gasteiger partial charge in [-0.15, -0.1) is 11.3 Å². The van der Waals surface area contributed by atoms with E-state index in [1.165, 1.54) is 18.4 Å². The number of aryl methyl sites for hydroxylation is 3. The highest BCUT2D eigenvalue weighted by atomic mass is 32.2. The molecule has 0 spiro atoms. The molecule has 1 N–H and O–H groups in total. The van der Waals surface area contributed by atoms with E-state index in [4.69, 9.17) is 4.74 Å². The zero-order valence-electron chi connectivity index (χ0n) is 15.0. The number of methoxy groups -OCH3 is 1. The van der Waals surface area contributed by atoms with E-state index < -0.39 is 10.0 Å². The fourth-order valence-corrected chi connectivity index (χ4v) is 4.73. The predicted molar refractivity (Wildman–Crippen MR) is 106 cm³/mol. The van der Waals surface area contributed by atoms with Crippen LogP contribution in [0.2, 0.25) is 0 Å². The van der Waals surface area contributed by atoms with Gasteiger partial charge in [-0.3, -0.25) is 4.72 Å². The smallest absolute Gasteiger partial charge is 0.265 e. The van der Waals surface area contributed by atoms with Crippen LogP contribution in [-0.2, 0) is 10.0 Å². The molecule has 0 aliphatic rings. The summed E-state index contributed by atoms with van der Waals surface area (Å²) in [5.74, 6) is 0.291. The number of hydrogen-bond donors (Lipinski definition) is 1. The van der Waals surface area contributed by atoms with E-state index in [2.05, 4.69) is 9.71 Å². The summed E-state index contributed by atoms with van der Waals surface area (Å²) in [6, 6.07) is 10.7. The zero-order chi connectivity index (χ0) is 18.9. The molecule has 26 heavy (non-hydrogen) atoms. The minimum Gasteiger partial charge on any atom is -0.495 e. The molecule has 7 heteroatoms. The Bertz CT molecular complexity index is 1040. The predicted octanol–water partition coefficient (Wildman–Crippen LogP) is 4.54. The van der Waals surface area contributed by atoms with Crippen molar-refractivity contribution < 1.29 is 13.2 Å². The van der Waals surface area contributed by atoms with Gasteiger partial charge in [0.25, 0.3) is 10.0 Å². The van der Waals surface area contributed by atoms with Crippen LogP contribution in [0.15, 0.2) is 46.7 Å². The van der Waals surface area contributed by atoms with E-state index >= 15 is 0 Å². The summed E-state index contributed by atoms with van der Waals surface area (Å²) in [7, 11) is -2.37. The Balaban J connectivity index is 2.08. The van der Waals surface area contributed by atoms with Gasteiger partial charge in [0.15, 0.2) is 0 Å². The molecule has 5 nitrogen and oxygen atoms in total. The van der Waals surface area contributed by atoms with Crippen LogP contribution in [-0.4, -0.2) is 20.5 Å². The van der Waals surface area contributed by atoms with Gasteiger partial charge in [0.05, 0.1) is 23.5 Å². The summed E-state index contributed by atoms with van der Waals surface area (Å²) < 4.78 is 34.1. The second-order valence-corrected chi connectivity index (χ2v) is 8.70. The second kappa shape index (κ2) is 7.09. The molecular weight excluding hydrogens is 368 g/mol. The van der Waals surface area contributed by atoms with Gasteiger partial charge in [-0.05, 0) is 50.1 Å². The molecule has 136 valence electrons. The lowest BCUT2D eigenvalue weighted by Crippen LogP contribution is -2.15. The van der Waals surface area contributed by atoms with Crippen molar-refractivity contribution in [3.05, 3.63) is 57.9 Å². The van der Waals surface area contributed by atoms with Gasteiger partial charge in [-0.2, -0.15) is 0 Å². The quantitative estimate of drug-likeness (QED) is 0.696. The van der Waals surface area contributed by atoms with Crippen LogP contribution in [0, 0.1) is 20.8 Å². The summed E-state index contributed by atoms with van der Waals surface area (Å²) in [5.41, 5.74) is 3.79. The van der Waals surface area contributed by atoms with Crippen molar-refractivity contribution in [3.8, 4) is 17.0 Å². The van der Waals surface area contributed by atoms with E-state index in [1.807, 2.05) is 50.4 Å². The van der Waals surface area contributed by atoms with Gasteiger partial charge >= 0.3 is 0 Å². The molecule has 0 amide bonds. The topological polar surface area (TPSA) is 68.3 Å². The molecular formula is C19H20N2O3S2. The average molecular weight is 389 g/mol. The third kappa shape index (κ3) is 3.59. The average Bonchev–Trinajstić information content (AvgIpc) is 3.04. The van der Waals surface area contributed by atoms with Crippen molar-refractivity contribution in [1.82, 2.24) is 4.98 Å². The van der Waals surface area contributed by atoms with Crippen molar-refractivity contribution in [2.45, 2.75) is 25.7 Å². The van der Waals surface area contributed by atoms with Crippen LogP contribution >= 0.6 is 11.3 Å². The van der Waals surface area contributed by atoms with Gasteiger partial charge in [-0.1, -0.05) is 18.2 Å². The molecule has 0 radical (unpaired) electrons. The number of ether oxygens (including phenoxy) is 1. The first-order valence-corrected chi connectivity index (χ1v) is 10.4. The summed E-state index contributed by atoms with van der Waals surface area (Å²) in [4.78, 5) is 4.52. The highest BCUT2D eigenvalue weighted by molar-refractivity contribution is 7.92. The van der Waals surface area contributed by atoms with E-state index in [9.17, 15) is 8.42 Å². The summed E-state index contributed by atoms with van der Waals surface area (Å²) in [6.07, 6.45) is 0. The molecule has 1 heterocycles. The largest absolute Gasteiger partial charge is 0.495 e. The van der Waals surface area contributed by atoms with Crippen molar-refractivity contribution in [2.24, 2.45) is 0 Å². The number of rotatable bonds is 5. The molecule has 1 aromatic heterocycles. The summed E-state index contributed by atoms with van der Waals surface area (Å²) in [5, 5.41) is 2.83. The first-order chi connectivity index (χ1) is 12.3. The van der Waals surface area contributed by atoms with Gasteiger partial charge in [0.2, 0.25) is 0 Å². The monoisotopic (exact) mass is 388 g/mol. The lowest BCUT2D eigenvalue weighted by atomic mass is 10.1. The van der Waals surface area contributed by atoms with E-state index in [1.54, 1.807) is 12.1 Å². The fourth-order valence-electron chi connectivity index (χ4n) is 2.71. The third-order valence-electron chi connectivity index (χ3n) is 4.09. The standard InChI is InChI=1S/C19H20N2O3S2/c1-12-6-5-7-13(2)19(12)21-26(22,23)18-10-15(8-9-17(18)24-4)16-11-25-14(3)20-16/h5-11,21H,1-4H3. The Labute approximate surface area is 157 Å². The summed E-state index contributed by atoms with van der Waals surface area (Å²) >= 11 is 1.52. The second-order valence-electron chi connectivity index (χ2n) is 5.99. The lowest BCUT2D eigenvalue weighted by molar-refractivity contribution is 0.403. The van der Waals surface area contributed by atoms with Crippen molar-refractivity contribution in [1.29, 1.82) is 0 Å². The van der Waals surface area contributed by atoms with Crippen molar-refractivity contribution in [2.75, 3.05) is 11.8 Å². The van der Waals surface area contributed by atoms with E-state index in [0.29, 0.717) is 11.4 Å². The van der Waals surface area contributed by atoms with Crippen molar-refractivity contribution in [3.63, 3.8) is 0 Å². The molecule has 0 saturated heterocycles.